The number of benzene rings is 1. The van der Waals surface area contributed by atoms with Crippen molar-refractivity contribution >= 4 is 0 Å². The largest absolute Gasteiger partial charge is 0.493 e. The number of hydrogen-bond donors (Lipinski definition) is 2. The summed E-state index contributed by atoms with van der Waals surface area (Å²) >= 11 is 0. The molecule has 1 aromatic carbocycles. The Morgan fingerprint density at radius 2 is 1.85 bits per heavy atom. The molecule has 1 aliphatic rings. The highest BCUT2D eigenvalue weighted by molar-refractivity contribution is 5.43. The Kier molecular flexibility index (Phi) is 5.68. The molecule has 4 heteroatoms. The first-order valence-electron chi connectivity index (χ1n) is 7.46. The second kappa shape index (κ2) is 7.50. The number of hydrogen-bond acceptors (Lipinski definition) is 4. The maximum absolute atomic E-state index is 5.76. The summed E-state index contributed by atoms with van der Waals surface area (Å²) in [5, 5.41) is 0. The van der Waals surface area contributed by atoms with Crippen LogP contribution in [0.3, 0.4) is 0 Å². The van der Waals surface area contributed by atoms with Crippen molar-refractivity contribution in [1.29, 1.82) is 0 Å². The molecular formula is C16H26N2O2. The zero-order valence-electron chi connectivity index (χ0n) is 12.5. The van der Waals surface area contributed by atoms with Crippen LogP contribution >= 0.6 is 0 Å². The normalized spacial score (nSPS) is 17.8. The summed E-state index contributed by atoms with van der Waals surface area (Å²) < 4.78 is 10.6. The lowest BCUT2D eigenvalue weighted by atomic mass is 9.83. The average Bonchev–Trinajstić information content (AvgIpc) is 2.53. The molecule has 1 aromatic rings. The molecule has 1 saturated carbocycles. The molecule has 20 heavy (non-hydrogen) atoms. The van der Waals surface area contributed by atoms with E-state index in [0.29, 0.717) is 0 Å². The molecule has 0 radical (unpaired) electrons. The Bertz CT molecular complexity index is 417. The van der Waals surface area contributed by atoms with E-state index in [-0.39, 0.29) is 6.04 Å². The molecule has 3 N–H and O–H groups in total. The fourth-order valence-corrected chi connectivity index (χ4v) is 3.13. The van der Waals surface area contributed by atoms with Crippen molar-refractivity contribution in [3.8, 4) is 11.5 Å². The molecular weight excluding hydrogens is 252 g/mol. The second-order valence-electron chi connectivity index (χ2n) is 5.57. The van der Waals surface area contributed by atoms with Gasteiger partial charge in [0.2, 0.25) is 0 Å². The molecule has 0 saturated heterocycles. The molecule has 0 aliphatic heterocycles. The molecule has 2 rings (SSSR count). The van der Waals surface area contributed by atoms with Gasteiger partial charge in [0, 0.05) is 6.04 Å². The topological polar surface area (TPSA) is 56.5 Å². The minimum absolute atomic E-state index is 0.179. The van der Waals surface area contributed by atoms with E-state index >= 15 is 0 Å². The first kappa shape index (κ1) is 15.1. The fourth-order valence-electron chi connectivity index (χ4n) is 3.13. The first-order chi connectivity index (χ1) is 9.78. The summed E-state index contributed by atoms with van der Waals surface area (Å²) in [5.41, 5.74) is 4.12. The SMILES string of the molecule is COc1ccc(C(CC2CCCCC2)NN)cc1OC. The van der Waals surface area contributed by atoms with E-state index in [1.54, 1.807) is 14.2 Å². The van der Waals surface area contributed by atoms with Gasteiger partial charge in [-0.1, -0.05) is 38.2 Å². The van der Waals surface area contributed by atoms with Crippen molar-refractivity contribution in [3.63, 3.8) is 0 Å². The molecule has 1 atom stereocenters. The summed E-state index contributed by atoms with van der Waals surface area (Å²) in [4.78, 5) is 0. The lowest BCUT2D eigenvalue weighted by Gasteiger charge is -2.26. The van der Waals surface area contributed by atoms with Crippen LogP contribution < -0.4 is 20.7 Å². The summed E-state index contributed by atoms with van der Waals surface area (Å²) in [5.74, 6) is 8.05. The minimum atomic E-state index is 0.179. The zero-order valence-corrected chi connectivity index (χ0v) is 12.5. The Morgan fingerprint density at radius 3 is 2.45 bits per heavy atom. The number of methoxy groups -OCH3 is 2. The van der Waals surface area contributed by atoms with Crippen LogP contribution in [0.2, 0.25) is 0 Å². The van der Waals surface area contributed by atoms with Crippen LogP contribution in [-0.4, -0.2) is 14.2 Å². The van der Waals surface area contributed by atoms with Crippen LogP contribution in [0.25, 0.3) is 0 Å². The Balaban J connectivity index is 2.09. The van der Waals surface area contributed by atoms with Crippen LogP contribution in [0, 0.1) is 5.92 Å². The molecule has 1 fully saturated rings. The highest BCUT2D eigenvalue weighted by Crippen LogP contribution is 2.35. The third-order valence-electron chi connectivity index (χ3n) is 4.30. The Labute approximate surface area is 121 Å². The smallest absolute Gasteiger partial charge is 0.161 e. The second-order valence-corrected chi connectivity index (χ2v) is 5.57. The molecule has 4 nitrogen and oxygen atoms in total. The molecule has 112 valence electrons. The van der Waals surface area contributed by atoms with Crippen molar-refractivity contribution in [3.05, 3.63) is 23.8 Å². The van der Waals surface area contributed by atoms with Crippen LogP contribution in [0.1, 0.15) is 50.1 Å². The average molecular weight is 278 g/mol. The number of nitrogens with one attached hydrogen (secondary N) is 1. The van der Waals surface area contributed by atoms with Crippen molar-refractivity contribution < 1.29 is 9.47 Å². The zero-order chi connectivity index (χ0) is 14.4. The fraction of sp³-hybridized carbons (Fsp3) is 0.625. The molecule has 1 unspecified atom stereocenters. The van der Waals surface area contributed by atoms with Gasteiger partial charge in [-0.05, 0) is 30.0 Å². The van der Waals surface area contributed by atoms with Gasteiger partial charge >= 0.3 is 0 Å². The molecule has 0 bridgehead atoms. The van der Waals surface area contributed by atoms with E-state index < -0.39 is 0 Å². The van der Waals surface area contributed by atoms with E-state index in [4.69, 9.17) is 15.3 Å². The van der Waals surface area contributed by atoms with Crippen LogP contribution in [-0.2, 0) is 0 Å². The number of rotatable bonds is 6. The number of nitrogens with two attached hydrogens (primary N) is 1. The molecule has 1 aliphatic carbocycles. The van der Waals surface area contributed by atoms with Gasteiger partial charge in [0.15, 0.2) is 11.5 Å². The summed E-state index contributed by atoms with van der Waals surface area (Å²) in [7, 11) is 3.31. The Hall–Kier alpha value is -1.26. The predicted octanol–water partition coefficient (Wildman–Crippen LogP) is 3.18. The van der Waals surface area contributed by atoms with E-state index in [2.05, 4.69) is 11.5 Å². The van der Waals surface area contributed by atoms with Crippen LogP contribution in [0.5, 0.6) is 11.5 Å². The van der Waals surface area contributed by atoms with Gasteiger partial charge in [-0.2, -0.15) is 0 Å². The van der Waals surface area contributed by atoms with E-state index in [1.807, 2.05) is 12.1 Å². The third-order valence-corrected chi connectivity index (χ3v) is 4.30. The lowest BCUT2D eigenvalue weighted by Crippen LogP contribution is -2.30. The maximum Gasteiger partial charge on any atom is 0.161 e. The van der Waals surface area contributed by atoms with Gasteiger partial charge < -0.3 is 9.47 Å². The number of ether oxygens (including phenoxy) is 2. The van der Waals surface area contributed by atoms with E-state index in [0.717, 1.165) is 29.4 Å². The highest BCUT2D eigenvalue weighted by Gasteiger charge is 2.20. The molecule has 0 heterocycles. The van der Waals surface area contributed by atoms with Gasteiger partial charge in [0.25, 0.3) is 0 Å². The molecule has 0 aromatic heterocycles. The highest BCUT2D eigenvalue weighted by atomic mass is 16.5. The standard InChI is InChI=1S/C16H26N2O2/c1-19-15-9-8-13(11-16(15)20-2)14(18-17)10-12-6-4-3-5-7-12/h8-9,11-12,14,18H,3-7,10,17H2,1-2H3. The summed E-state index contributed by atoms with van der Waals surface area (Å²) in [6.07, 6.45) is 7.83. The van der Waals surface area contributed by atoms with Crippen molar-refractivity contribution in [2.75, 3.05) is 14.2 Å². The van der Waals surface area contributed by atoms with E-state index in [1.165, 1.54) is 32.1 Å². The third kappa shape index (κ3) is 3.64. The van der Waals surface area contributed by atoms with Gasteiger partial charge in [-0.15, -0.1) is 0 Å². The lowest BCUT2D eigenvalue weighted by molar-refractivity contribution is 0.300. The van der Waals surface area contributed by atoms with Gasteiger partial charge in [-0.3, -0.25) is 11.3 Å². The van der Waals surface area contributed by atoms with Crippen molar-refractivity contribution in [2.45, 2.75) is 44.6 Å². The Morgan fingerprint density at radius 1 is 1.15 bits per heavy atom. The van der Waals surface area contributed by atoms with E-state index in [9.17, 15) is 0 Å². The van der Waals surface area contributed by atoms with Gasteiger partial charge in [0.05, 0.1) is 14.2 Å². The monoisotopic (exact) mass is 278 g/mol. The van der Waals surface area contributed by atoms with Gasteiger partial charge in [0.1, 0.15) is 0 Å². The van der Waals surface area contributed by atoms with Gasteiger partial charge in [-0.25, -0.2) is 0 Å². The quantitative estimate of drug-likeness (QED) is 0.620. The maximum atomic E-state index is 5.76. The summed E-state index contributed by atoms with van der Waals surface area (Å²) in [6, 6.07) is 6.21. The van der Waals surface area contributed by atoms with Crippen molar-refractivity contribution in [1.82, 2.24) is 5.43 Å². The van der Waals surface area contributed by atoms with Crippen LogP contribution in [0.15, 0.2) is 18.2 Å². The number of hydrazine groups is 1. The summed E-state index contributed by atoms with van der Waals surface area (Å²) in [6.45, 7) is 0. The molecule has 0 spiro atoms. The van der Waals surface area contributed by atoms with Crippen LogP contribution in [0.4, 0.5) is 0 Å². The van der Waals surface area contributed by atoms with Crippen molar-refractivity contribution in [2.24, 2.45) is 11.8 Å². The predicted molar refractivity (Wildman–Crippen MR) is 80.8 cm³/mol. The minimum Gasteiger partial charge on any atom is -0.493 e. The first-order valence-corrected chi connectivity index (χ1v) is 7.46. The molecule has 0 amide bonds.